The van der Waals surface area contributed by atoms with Gasteiger partial charge in [-0.3, -0.25) is 4.79 Å². The number of aryl methyl sites for hydroxylation is 1. The van der Waals surface area contributed by atoms with Crippen LogP contribution in [0.4, 0.5) is 0 Å². The summed E-state index contributed by atoms with van der Waals surface area (Å²) in [5, 5.41) is 2.45. The van der Waals surface area contributed by atoms with Crippen molar-refractivity contribution in [3.8, 4) is 0 Å². The highest BCUT2D eigenvalue weighted by Gasteiger charge is 2.17. The van der Waals surface area contributed by atoms with E-state index in [2.05, 4.69) is 10.3 Å². The molecule has 17 heavy (non-hydrogen) atoms. The van der Waals surface area contributed by atoms with E-state index in [0.29, 0.717) is 5.82 Å². The molecule has 0 aliphatic heterocycles. The molecule has 1 amide bonds. The molecule has 8 heteroatoms. The van der Waals surface area contributed by atoms with E-state index < -0.39 is 9.05 Å². The van der Waals surface area contributed by atoms with Gasteiger partial charge in [-0.15, -0.1) is 0 Å². The number of carbonyl (C=O) groups is 1. The number of aromatic nitrogens is 2. The lowest BCUT2D eigenvalue weighted by Crippen LogP contribution is -2.33. The van der Waals surface area contributed by atoms with Gasteiger partial charge < -0.3 is 9.88 Å². The zero-order valence-corrected chi connectivity index (χ0v) is 11.3. The molecule has 1 aromatic rings. The standard InChI is InChI=1S/C9H14ClN3O3S/c1-6(2)11-8(14)4-13-5-9(12-7(13)3)17(10,15)16/h5-6H,4H2,1-3H3,(H,11,14). The Morgan fingerprint density at radius 1 is 1.59 bits per heavy atom. The minimum Gasteiger partial charge on any atom is -0.352 e. The lowest BCUT2D eigenvalue weighted by molar-refractivity contribution is -0.122. The van der Waals surface area contributed by atoms with E-state index >= 15 is 0 Å². The first-order valence-corrected chi connectivity index (χ1v) is 7.29. The summed E-state index contributed by atoms with van der Waals surface area (Å²) in [4.78, 5) is 15.3. The van der Waals surface area contributed by atoms with Crippen molar-refractivity contribution in [1.29, 1.82) is 0 Å². The van der Waals surface area contributed by atoms with Gasteiger partial charge in [0.2, 0.25) is 5.91 Å². The number of hydrogen-bond donors (Lipinski definition) is 1. The van der Waals surface area contributed by atoms with Crippen LogP contribution in [0.15, 0.2) is 11.2 Å². The highest BCUT2D eigenvalue weighted by atomic mass is 35.7. The Hall–Kier alpha value is -1.08. The van der Waals surface area contributed by atoms with E-state index in [-0.39, 0.29) is 23.5 Å². The van der Waals surface area contributed by atoms with Crippen LogP contribution in [0, 0.1) is 6.92 Å². The van der Waals surface area contributed by atoms with Crippen molar-refractivity contribution < 1.29 is 13.2 Å². The molecule has 1 aromatic heterocycles. The maximum atomic E-state index is 11.5. The van der Waals surface area contributed by atoms with Gasteiger partial charge in [0.05, 0.1) is 0 Å². The van der Waals surface area contributed by atoms with Crippen molar-refractivity contribution in [3.63, 3.8) is 0 Å². The first-order chi connectivity index (χ1) is 7.70. The smallest absolute Gasteiger partial charge is 0.280 e. The highest BCUT2D eigenvalue weighted by Crippen LogP contribution is 2.13. The van der Waals surface area contributed by atoms with Crippen LogP contribution >= 0.6 is 10.7 Å². The first-order valence-electron chi connectivity index (χ1n) is 4.98. The fourth-order valence-electron chi connectivity index (χ4n) is 1.28. The van der Waals surface area contributed by atoms with Gasteiger partial charge in [0, 0.05) is 22.9 Å². The average Bonchev–Trinajstić information content (AvgIpc) is 2.45. The number of nitrogens with zero attached hydrogens (tertiary/aromatic N) is 2. The molecule has 0 atom stereocenters. The number of halogens is 1. The zero-order valence-electron chi connectivity index (χ0n) is 9.77. The third-order valence-electron chi connectivity index (χ3n) is 1.97. The van der Waals surface area contributed by atoms with Crippen LogP contribution in [0.1, 0.15) is 19.7 Å². The average molecular weight is 280 g/mol. The molecule has 6 nitrogen and oxygen atoms in total. The van der Waals surface area contributed by atoms with Crippen molar-refractivity contribution in [3.05, 3.63) is 12.0 Å². The minimum atomic E-state index is -3.85. The van der Waals surface area contributed by atoms with E-state index in [1.807, 2.05) is 13.8 Å². The molecule has 1 N–H and O–H groups in total. The van der Waals surface area contributed by atoms with Gasteiger partial charge in [-0.05, 0) is 20.8 Å². The normalized spacial score (nSPS) is 11.8. The molecule has 0 unspecified atom stereocenters. The van der Waals surface area contributed by atoms with Crippen molar-refractivity contribution in [2.75, 3.05) is 0 Å². The summed E-state index contributed by atoms with van der Waals surface area (Å²) in [6.45, 7) is 5.30. The summed E-state index contributed by atoms with van der Waals surface area (Å²) in [7, 11) is 1.31. The molecule has 1 heterocycles. The number of imidazole rings is 1. The van der Waals surface area contributed by atoms with Crippen molar-refractivity contribution in [2.24, 2.45) is 0 Å². The second kappa shape index (κ2) is 5.05. The lowest BCUT2D eigenvalue weighted by Gasteiger charge is -2.09. The molecule has 96 valence electrons. The molecule has 0 saturated carbocycles. The van der Waals surface area contributed by atoms with E-state index in [1.165, 1.54) is 10.8 Å². The second-order valence-electron chi connectivity index (χ2n) is 3.91. The molecule has 0 bridgehead atoms. The Labute approximate surface area is 104 Å². The highest BCUT2D eigenvalue weighted by molar-refractivity contribution is 8.13. The predicted octanol–water partition coefficient (Wildman–Crippen LogP) is 0.644. The molecular weight excluding hydrogens is 266 g/mol. The number of carbonyl (C=O) groups excluding carboxylic acids is 1. The maximum Gasteiger partial charge on any atom is 0.280 e. The Bertz CT molecular complexity index is 522. The molecular formula is C9H14ClN3O3S. The third kappa shape index (κ3) is 4.01. The fourth-order valence-corrected chi connectivity index (χ4v) is 2.00. The molecule has 1 rings (SSSR count). The number of amides is 1. The summed E-state index contributed by atoms with van der Waals surface area (Å²) < 4.78 is 23.5. The molecule has 0 saturated heterocycles. The molecule has 0 radical (unpaired) electrons. The molecule has 0 fully saturated rings. The number of hydrogen-bond acceptors (Lipinski definition) is 4. The fraction of sp³-hybridized carbons (Fsp3) is 0.556. The summed E-state index contributed by atoms with van der Waals surface area (Å²) in [6.07, 6.45) is 1.25. The van der Waals surface area contributed by atoms with Crippen LogP contribution < -0.4 is 5.32 Å². The lowest BCUT2D eigenvalue weighted by atomic mass is 10.4. The zero-order chi connectivity index (χ0) is 13.2. The summed E-state index contributed by atoms with van der Waals surface area (Å²) in [5.74, 6) is 0.210. The first kappa shape index (κ1) is 14.0. The third-order valence-corrected chi connectivity index (χ3v) is 3.14. The Morgan fingerprint density at radius 2 is 2.18 bits per heavy atom. The van der Waals surface area contributed by atoms with Gasteiger partial charge in [-0.1, -0.05) is 0 Å². The Kier molecular flexibility index (Phi) is 4.16. The maximum absolute atomic E-state index is 11.5. The largest absolute Gasteiger partial charge is 0.352 e. The van der Waals surface area contributed by atoms with Gasteiger partial charge >= 0.3 is 0 Å². The molecule has 0 aliphatic carbocycles. The van der Waals surface area contributed by atoms with E-state index in [0.717, 1.165) is 0 Å². The van der Waals surface area contributed by atoms with Crippen LogP contribution in [-0.2, 0) is 20.4 Å². The van der Waals surface area contributed by atoms with Gasteiger partial charge in [-0.25, -0.2) is 13.4 Å². The summed E-state index contributed by atoms with van der Waals surface area (Å²) in [6, 6.07) is 0.0301. The SMILES string of the molecule is Cc1nc(S(=O)(=O)Cl)cn1CC(=O)NC(C)C. The van der Waals surface area contributed by atoms with Crippen LogP contribution in [0.25, 0.3) is 0 Å². The van der Waals surface area contributed by atoms with Gasteiger partial charge in [0.15, 0.2) is 5.03 Å². The van der Waals surface area contributed by atoms with E-state index in [1.54, 1.807) is 6.92 Å². The van der Waals surface area contributed by atoms with Crippen LogP contribution in [0.3, 0.4) is 0 Å². The predicted molar refractivity (Wildman–Crippen MR) is 63.3 cm³/mol. The summed E-state index contributed by atoms with van der Waals surface area (Å²) in [5.41, 5.74) is 0. The topological polar surface area (TPSA) is 81.1 Å². The van der Waals surface area contributed by atoms with Crippen molar-refractivity contribution >= 4 is 25.6 Å². The van der Waals surface area contributed by atoms with Crippen molar-refractivity contribution in [1.82, 2.24) is 14.9 Å². The molecule has 0 aromatic carbocycles. The van der Waals surface area contributed by atoms with E-state index in [9.17, 15) is 13.2 Å². The van der Waals surface area contributed by atoms with Gasteiger partial charge in [0.25, 0.3) is 9.05 Å². The van der Waals surface area contributed by atoms with Crippen LogP contribution in [0.5, 0.6) is 0 Å². The van der Waals surface area contributed by atoms with Crippen LogP contribution in [-0.4, -0.2) is 29.9 Å². The Morgan fingerprint density at radius 3 is 2.59 bits per heavy atom. The number of nitrogens with one attached hydrogen (secondary N) is 1. The van der Waals surface area contributed by atoms with Gasteiger partial charge in [-0.2, -0.15) is 0 Å². The molecule has 0 aliphatic rings. The summed E-state index contributed by atoms with van der Waals surface area (Å²) >= 11 is 0. The second-order valence-corrected chi connectivity index (χ2v) is 6.43. The quantitative estimate of drug-likeness (QED) is 0.820. The molecule has 0 spiro atoms. The monoisotopic (exact) mass is 279 g/mol. The van der Waals surface area contributed by atoms with Gasteiger partial charge in [0.1, 0.15) is 12.4 Å². The number of rotatable bonds is 4. The van der Waals surface area contributed by atoms with Crippen LogP contribution in [0.2, 0.25) is 0 Å². The Balaban J connectivity index is 2.87. The van der Waals surface area contributed by atoms with E-state index in [4.69, 9.17) is 10.7 Å². The van der Waals surface area contributed by atoms with Crippen molar-refractivity contribution in [2.45, 2.75) is 38.4 Å². The minimum absolute atomic E-state index is 0.0173.